The van der Waals surface area contributed by atoms with E-state index in [0.717, 1.165) is 19.3 Å². The Bertz CT molecular complexity index is 496. The summed E-state index contributed by atoms with van der Waals surface area (Å²) in [5, 5.41) is 8.17. The van der Waals surface area contributed by atoms with Gasteiger partial charge in [-0.1, -0.05) is 12.2 Å². The fourth-order valence-electron chi connectivity index (χ4n) is 2.15. The number of amides is 3. The van der Waals surface area contributed by atoms with Gasteiger partial charge < -0.3 is 20.4 Å². The molecule has 0 aromatic carbocycles. The molecule has 2 atom stereocenters. The molecule has 0 spiro atoms. The van der Waals surface area contributed by atoms with Gasteiger partial charge in [0.15, 0.2) is 0 Å². The number of carbonyl (C=O) groups is 2. The molecule has 1 aromatic rings. The molecule has 0 radical (unpaired) electrons. The van der Waals surface area contributed by atoms with E-state index in [2.05, 4.69) is 22.0 Å². The summed E-state index contributed by atoms with van der Waals surface area (Å²) in [4.78, 5) is 23.7. The van der Waals surface area contributed by atoms with Gasteiger partial charge in [0.2, 0.25) is 5.91 Å². The van der Waals surface area contributed by atoms with Gasteiger partial charge in [-0.25, -0.2) is 4.79 Å². The van der Waals surface area contributed by atoms with Crippen molar-refractivity contribution in [3.05, 3.63) is 36.3 Å². The Morgan fingerprint density at radius 1 is 1.48 bits per heavy atom. The third-order valence-electron chi connectivity index (χ3n) is 3.33. The summed E-state index contributed by atoms with van der Waals surface area (Å²) in [6.07, 6.45) is 8.67. The molecule has 0 fully saturated rings. The Morgan fingerprint density at radius 2 is 2.33 bits per heavy atom. The molecule has 1 heterocycles. The summed E-state index contributed by atoms with van der Waals surface area (Å²) in [7, 11) is 0. The van der Waals surface area contributed by atoms with Gasteiger partial charge in [-0.15, -0.1) is 0 Å². The van der Waals surface area contributed by atoms with Crippen molar-refractivity contribution in [3.8, 4) is 0 Å². The average molecular weight is 291 g/mol. The van der Waals surface area contributed by atoms with Gasteiger partial charge in [-0.05, 0) is 38.3 Å². The number of hydrogen-bond acceptors (Lipinski definition) is 3. The maximum Gasteiger partial charge on any atom is 0.315 e. The number of hydrogen-bond donors (Lipinski definition) is 3. The Labute approximate surface area is 124 Å². The van der Waals surface area contributed by atoms with Crippen molar-refractivity contribution in [2.45, 2.75) is 44.8 Å². The second kappa shape index (κ2) is 7.52. The zero-order chi connectivity index (χ0) is 15.1. The SMILES string of the molecule is C[C@@H](NC(=O)N[C@H]1C=CCCC1)C(=O)NCc1ccco1. The lowest BCUT2D eigenvalue weighted by Crippen LogP contribution is -2.50. The minimum absolute atomic E-state index is 0.0529. The Hall–Kier alpha value is -2.24. The van der Waals surface area contributed by atoms with E-state index in [9.17, 15) is 9.59 Å². The third-order valence-corrected chi connectivity index (χ3v) is 3.33. The predicted octanol–water partition coefficient (Wildman–Crippen LogP) is 1.69. The average Bonchev–Trinajstić information content (AvgIpc) is 2.98. The molecule has 114 valence electrons. The molecule has 6 heteroatoms. The molecule has 1 aliphatic carbocycles. The first-order chi connectivity index (χ1) is 10.1. The monoisotopic (exact) mass is 291 g/mol. The highest BCUT2D eigenvalue weighted by Crippen LogP contribution is 2.09. The molecule has 2 rings (SSSR count). The lowest BCUT2D eigenvalue weighted by molar-refractivity contribution is -0.122. The summed E-state index contributed by atoms with van der Waals surface area (Å²) >= 11 is 0. The van der Waals surface area contributed by atoms with Crippen molar-refractivity contribution in [1.29, 1.82) is 0 Å². The lowest BCUT2D eigenvalue weighted by Gasteiger charge is -2.20. The molecule has 0 aliphatic heterocycles. The number of rotatable bonds is 5. The molecular weight excluding hydrogens is 270 g/mol. The Balaban J connectivity index is 1.70. The van der Waals surface area contributed by atoms with Crippen LogP contribution in [0.2, 0.25) is 0 Å². The maximum atomic E-state index is 11.9. The lowest BCUT2D eigenvalue weighted by atomic mass is 10.0. The first-order valence-corrected chi connectivity index (χ1v) is 7.19. The molecule has 0 bridgehead atoms. The normalized spacial score (nSPS) is 18.8. The fraction of sp³-hybridized carbons (Fsp3) is 0.467. The molecule has 1 aromatic heterocycles. The molecular formula is C15H21N3O3. The van der Waals surface area contributed by atoms with Crippen molar-refractivity contribution in [2.24, 2.45) is 0 Å². The summed E-state index contributed by atoms with van der Waals surface area (Å²) in [5.41, 5.74) is 0. The summed E-state index contributed by atoms with van der Waals surface area (Å²) < 4.78 is 5.12. The molecule has 0 unspecified atom stereocenters. The Kier molecular flexibility index (Phi) is 5.43. The van der Waals surface area contributed by atoms with Crippen LogP contribution < -0.4 is 16.0 Å². The first kappa shape index (κ1) is 15.2. The highest BCUT2D eigenvalue weighted by molar-refractivity contribution is 5.86. The maximum absolute atomic E-state index is 11.9. The van der Waals surface area contributed by atoms with E-state index in [1.807, 2.05) is 6.08 Å². The van der Waals surface area contributed by atoms with Crippen molar-refractivity contribution in [2.75, 3.05) is 0 Å². The van der Waals surface area contributed by atoms with Crippen LogP contribution in [0.15, 0.2) is 35.0 Å². The molecule has 0 saturated heterocycles. The van der Waals surface area contributed by atoms with Crippen LogP contribution in [0, 0.1) is 0 Å². The van der Waals surface area contributed by atoms with Crippen LogP contribution in [0.5, 0.6) is 0 Å². The van der Waals surface area contributed by atoms with Crippen LogP contribution in [-0.4, -0.2) is 24.0 Å². The number of furan rings is 1. The van der Waals surface area contributed by atoms with Crippen LogP contribution in [0.3, 0.4) is 0 Å². The topological polar surface area (TPSA) is 83.4 Å². The first-order valence-electron chi connectivity index (χ1n) is 7.19. The standard InChI is InChI=1S/C15H21N3O3/c1-11(14(19)16-10-13-8-5-9-21-13)17-15(20)18-12-6-3-2-4-7-12/h3,5-6,8-9,11-12H,2,4,7,10H2,1H3,(H,16,19)(H2,17,18,20)/t11-,12+/m1/s1. The van der Waals surface area contributed by atoms with Crippen molar-refractivity contribution >= 4 is 11.9 Å². The minimum Gasteiger partial charge on any atom is -0.467 e. The number of carbonyl (C=O) groups excluding carboxylic acids is 2. The minimum atomic E-state index is -0.604. The van der Waals surface area contributed by atoms with Crippen LogP contribution in [0.4, 0.5) is 4.79 Å². The van der Waals surface area contributed by atoms with Crippen LogP contribution >= 0.6 is 0 Å². The second-order valence-electron chi connectivity index (χ2n) is 5.10. The fourth-order valence-corrected chi connectivity index (χ4v) is 2.15. The van der Waals surface area contributed by atoms with Gasteiger partial charge in [-0.3, -0.25) is 4.79 Å². The van der Waals surface area contributed by atoms with Crippen LogP contribution in [0.1, 0.15) is 31.9 Å². The van der Waals surface area contributed by atoms with Gasteiger partial charge in [0.05, 0.1) is 12.8 Å². The molecule has 0 saturated carbocycles. The number of allylic oxidation sites excluding steroid dienone is 1. The van der Waals surface area contributed by atoms with Gasteiger partial charge in [0, 0.05) is 6.04 Å². The van der Waals surface area contributed by atoms with E-state index < -0.39 is 6.04 Å². The van der Waals surface area contributed by atoms with Gasteiger partial charge in [0.1, 0.15) is 11.8 Å². The van der Waals surface area contributed by atoms with E-state index in [1.165, 1.54) is 0 Å². The van der Waals surface area contributed by atoms with Crippen LogP contribution in [-0.2, 0) is 11.3 Å². The third kappa shape index (κ3) is 4.98. The number of urea groups is 1. The molecule has 6 nitrogen and oxygen atoms in total. The van der Waals surface area contributed by atoms with Crippen molar-refractivity contribution in [1.82, 2.24) is 16.0 Å². The summed E-state index contributed by atoms with van der Waals surface area (Å²) in [6.45, 7) is 1.96. The Morgan fingerprint density at radius 3 is 3.00 bits per heavy atom. The summed E-state index contributed by atoms with van der Waals surface area (Å²) in [5.74, 6) is 0.424. The van der Waals surface area contributed by atoms with Crippen LogP contribution in [0.25, 0.3) is 0 Å². The van der Waals surface area contributed by atoms with E-state index in [1.54, 1.807) is 25.3 Å². The van der Waals surface area contributed by atoms with Gasteiger partial charge in [-0.2, -0.15) is 0 Å². The second-order valence-corrected chi connectivity index (χ2v) is 5.10. The molecule has 3 amide bonds. The molecule has 3 N–H and O–H groups in total. The van der Waals surface area contributed by atoms with Crippen molar-refractivity contribution < 1.29 is 14.0 Å². The van der Waals surface area contributed by atoms with Gasteiger partial charge >= 0.3 is 6.03 Å². The van der Waals surface area contributed by atoms with Gasteiger partial charge in [0.25, 0.3) is 0 Å². The summed E-state index contributed by atoms with van der Waals surface area (Å²) in [6, 6.07) is 2.66. The highest BCUT2D eigenvalue weighted by atomic mass is 16.3. The van der Waals surface area contributed by atoms with E-state index in [0.29, 0.717) is 12.3 Å². The zero-order valence-corrected chi connectivity index (χ0v) is 12.1. The quantitative estimate of drug-likeness (QED) is 0.722. The smallest absolute Gasteiger partial charge is 0.315 e. The highest BCUT2D eigenvalue weighted by Gasteiger charge is 2.17. The molecule has 21 heavy (non-hydrogen) atoms. The predicted molar refractivity (Wildman–Crippen MR) is 78.5 cm³/mol. The molecule has 1 aliphatic rings. The zero-order valence-electron chi connectivity index (χ0n) is 12.1. The van der Waals surface area contributed by atoms with E-state index in [4.69, 9.17) is 4.42 Å². The largest absolute Gasteiger partial charge is 0.467 e. The van der Waals surface area contributed by atoms with E-state index in [-0.39, 0.29) is 18.0 Å². The van der Waals surface area contributed by atoms with E-state index >= 15 is 0 Å². The number of nitrogens with one attached hydrogen (secondary N) is 3. The van der Waals surface area contributed by atoms with Crippen molar-refractivity contribution in [3.63, 3.8) is 0 Å².